The zero-order chi connectivity index (χ0) is 32.4. The molecule has 9 aromatic rings. The van der Waals surface area contributed by atoms with Crippen LogP contribution in [0.15, 0.2) is 158 Å². The molecule has 0 fully saturated rings. The maximum Gasteiger partial charge on any atom is 0.0159 e. The fraction of sp³-hybridized carbons (Fsp3) is 0.0612. The van der Waals surface area contributed by atoms with E-state index >= 15 is 0 Å². The number of hydrogen-bond donors (Lipinski definition) is 0. The van der Waals surface area contributed by atoms with Gasteiger partial charge in [-0.2, -0.15) is 0 Å². The summed E-state index contributed by atoms with van der Waals surface area (Å²) < 4.78 is 0. The van der Waals surface area contributed by atoms with E-state index in [0.717, 1.165) is 0 Å². The van der Waals surface area contributed by atoms with Crippen LogP contribution in [0, 0.1) is 0 Å². The van der Waals surface area contributed by atoms with E-state index in [4.69, 9.17) is 0 Å². The lowest BCUT2D eigenvalue weighted by Gasteiger charge is -2.22. The molecular weight excluding hydrogens is 589 g/mol. The molecule has 0 radical (unpaired) electrons. The van der Waals surface area contributed by atoms with Gasteiger partial charge in [0.15, 0.2) is 0 Å². The number of hydrogen-bond acceptors (Lipinski definition) is 0. The van der Waals surface area contributed by atoms with Crippen LogP contribution in [-0.2, 0) is 5.41 Å². The number of fused-ring (bicyclic) bond motifs is 11. The lowest BCUT2D eigenvalue weighted by atomic mass is 9.81. The summed E-state index contributed by atoms with van der Waals surface area (Å²) in [7, 11) is 0. The van der Waals surface area contributed by atoms with Crippen LogP contribution in [0.4, 0.5) is 0 Å². The minimum Gasteiger partial charge on any atom is -0.0619 e. The molecular formula is C49H32. The minimum atomic E-state index is -0.0177. The largest absolute Gasteiger partial charge is 0.0619 e. The van der Waals surface area contributed by atoms with Crippen molar-refractivity contribution in [1.82, 2.24) is 0 Å². The number of rotatable bonds is 2. The molecule has 0 aliphatic heterocycles. The third-order valence-electron chi connectivity index (χ3n) is 11.6. The Morgan fingerprint density at radius 2 is 0.898 bits per heavy atom. The molecule has 0 bridgehead atoms. The molecule has 49 heavy (non-hydrogen) atoms. The van der Waals surface area contributed by atoms with Gasteiger partial charge in [0.05, 0.1) is 0 Å². The molecule has 0 atom stereocenters. The van der Waals surface area contributed by atoms with Gasteiger partial charge in [0.25, 0.3) is 0 Å². The summed E-state index contributed by atoms with van der Waals surface area (Å²) in [5, 5.41) is 10.5. The van der Waals surface area contributed by atoms with Gasteiger partial charge < -0.3 is 0 Å². The van der Waals surface area contributed by atoms with Crippen LogP contribution in [0.5, 0.6) is 0 Å². The van der Waals surface area contributed by atoms with Crippen molar-refractivity contribution >= 4 is 43.1 Å². The van der Waals surface area contributed by atoms with Crippen LogP contribution in [0.25, 0.3) is 98.7 Å². The Labute approximate surface area is 285 Å². The van der Waals surface area contributed by atoms with Crippen molar-refractivity contribution in [3.05, 3.63) is 169 Å². The van der Waals surface area contributed by atoms with E-state index in [2.05, 4.69) is 172 Å². The summed E-state index contributed by atoms with van der Waals surface area (Å²) in [6, 6.07) is 59.4. The zero-order valence-corrected chi connectivity index (χ0v) is 27.5. The van der Waals surface area contributed by atoms with Gasteiger partial charge in [-0.15, -0.1) is 0 Å². The highest BCUT2D eigenvalue weighted by Crippen LogP contribution is 2.53. The molecule has 2 aliphatic rings. The van der Waals surface area contributed by atoms with Crippen LogP contribution in [0.3, 0.4) is 0 Å². The molecule has 2 aliphatic carbocycles. The lowest BCUT2D eigenvalue weighted by Crippen LogP contribution is -2.14. The summed E-state index contributed by atoms with van der Waals surface area (Å²) in [4.78, 5) is 0. The predicted molar refractivity (Wildman–Crippen MR) is 209 cm³/mol. The molecule has 0 N–H and O–H groups in total. The molecule has 11 rings (SSSR count). The highest BCUT2D eigenvalue weighted by Gasteiger charge is 2.35. The Balaban J connectivity index is 1.10. The third-order valence-corrected chi connectivity index (χ3v) is 11.6. The van der Waals surface area contributed by atoms with E-state index < -0.39 is 0 Å². The number of benzene rings is 9. The molecule has 0 aromatic heterocycles. The maximum atomic E-state index is 2.44. The summed E-state index contributed by atoms with van der Waals surface area (Å²) in [5.74, 6) is 0. The fourth-order valence-electron chi connectivity index (χ4n) is 9.25. The average Bonchev–Trinajstić information content (AvgIpc) is 3.60. The van der Waals surface area contributed by atoms with Crippen LogP contribution in [0.1, 0.15) is 25.0 Å². The van der Waals surface area contributed by atoms with Gasteiger partial charge in [-0.25, -0.2) is 0 Å². The smallest absolute Gasteiger partial charge is 0.0159 e. The molecule has 0 unspecified atom stereocenters. The summed E-state index contributed by atoms with van der Waals surface area (Å²) in [6.07, 6.45) is 0. The minimum absolute atomic E-state index is 0.0177. The van der Waals surface area contributed by atoms with E-state index in [0.29, 0.717) is 0 Å². The zero-order valence-electron chi connectivity index (χ0n) is 27.5. The highest BCUT2D eigenvalue weighted by molar-refractivity contribution is 6.26. The Hall–Kier alpha value is -5.98. The summed E-state index contributed by atoms with van der Waals surface area (Å²) in [5.41, 5.74) is 16.0. The highest BCUT2D eigenvalue weighted by atomic mass is 14.4. The first kappa shape index (κ1) is 27.0. The average molecular weight is 621 g/mol. The Bertz CT molecular complexity index is 2880. The fourth-order valence-corrected chi connectivity index (χ4v) is 9.25. The topological polar surface area (TPSA) is 0 Å². The second-order valence-electron chi connectivity index (χ2n) is 14.4. The Morgan fingerprint density at radius 1 is 0.306 bits per heavy atom. The molecule has 0 amide bonds. The molecule has 9 aromatic carbocycles. The SMILES string of the molecule is CC1(C)c2ccccc2-c2ccc(-c3ccc4c(c3)-c3cccc5c(-c6cc7ccccc7c7c6ccc6ccccc67)ccc-4c35)cc21. The standard InChI is InChI=1S/C49H32/c1-49(2)45-17-8-7-14-37(45)38-22-20-31(28-46(38)49)30-19-21-35-41-25-24-36(39-15-9-16-40(48(39)41)43(35)26-30)44-27-32-11-4-6-13-34(32)47-33-12-5-3-10-29(33)18-23-42(44)47/h3-28H,1-2H3. The molecule has 0 saturated heterocycles. The van der Waals surface area contributed by atoms with E-state index in [1.165, 1.54) is 110 Å². The molecule has 0 heterocycles. The van der Waals surface area contributed by atoms with Gasteiger partial charge >= 0.3 is 0 Å². The van der Waals surface area contributed by atoms with Crippen LogP contribution in [-0.4, -0.2) is 0 Å². The van der Waals surface area contributed by atoms with Gasteiger partial charge in [0.1, 0.15) is 0 Å². The van der Waals surface area contributed by atoms with E-state index in [9.17, 15) is 0 Å². The quantitative estimate of drug-likeness (QED) is 0.169. The van der Waals surface area contributed by atoms with Crippen LogP contribution in [0.2, 0.25) is 0 Å². The van der Waals surface area contributed by atoms with Crippen molar-refractivity contribution in [2.45, 2.75) is 19.3 Å². The van der Waals surface area contributed by atoms with Gasteiger partial charge in [-0.05, 0) is 128 Å². The van der Waals surface area contributed by atoms with Crippen LogP contribution < -0.4 is 0 Å². The first-order valence-electron chi connectivity index (χ1n) is 17.4. The van der Waals surface area contributed by atoms with Crippen molar-refractivity contribution in [2.24, 2.45) is 0 Å². The third kappa shape index (κ3) is 3.58. The molecule has 0 nitrogen and oxygen atoms in total. The first-order valence-corrected chi connectivity index (χ1v) is 17.4. The Morgan fingerprint density at radius 3 is 1.78 bits per heavy atom. The van der Waals surface area contributed by atoms with Crippen LogP contribution >= 0.6 is 0 Å². The van der Waals surface area contributed by atoms with E-state index in [1.807, 2.05) is 0 Å². The molecule has 228 valence electrons. The van der Waals surface area contributed by atoms with Crippen molar-refractivity contribution in [3.8, 4) is 55.6 Å². The van der Waals surface area contributed by atoms with Gasteiger partial charge in [-0.1, -0.05) is 153 Å². The molecule has 0 heteroatoms. The van der Waals surface area contributed by atoms with Crippen molar-refractivity contribution < 1.29 is 0 Å². The monoisotopic (exact) mass is 620 g/mol. The second-order valence-corrected chi connectivity index (χ2v) is 14.4. The summed E-state index contributed by atoms with van der Waals surface area (Å²) >= 11 is 0. The van der Waals surface area contributed by atoms with E-state index in [-0.39, 0.29) is 5.41 Å². The van der Waals surface area contributed by atoms with Gasteiger partial charge in [0.2, 0.25) is 0 Å². The molecule has 0 saturated carbocycles. The predicted octanol–water partition coefficient (Wildman–Crippen LogP) is 13.6. The Kier molecular flexibility index (Phi) is 5.27. The van der Waals surface area contributed by atoms with Gasteiger partial charge in [0, 0.05) is 5.41 Å². The van der Waals surface area contributed by atoms with Gasteiger partial charge in [-0.3, -0.25) is 0 Å². The maximum absolute atomic E-state index is 2.44. The lowest BCUT2D eigenvalue weighted by molar-refractivity contribution is 0.660. The van der Waals surface area contributed by atoms with Crippen molar-refractivity contribution in [2.75, 3.05) is 0 Å². The van der Waals surface area contributed by atoms with Crippen molar-refractivity contribution in [3.63, 3.8) is 0 Å². The summed E-state index contributed by atoms with van der Waals surface area (Å²) in [6.45, 7) is 4.72. The second kappa shape index (κ2) is 9.56. The van der Waals surface area contributed by atoms with Crippen molar-refractivity contribution in [1.29, 1.82) is 0 Å². The normalized spacial score (nSPS) is 13.7. The van der Waals surface area contributed by atoms with E-state index in [1.54, 1.807) is 0 Å². The molecule has 0 spiro atoms. The first-order chi connectivity index (χ1) is 24.1.